The molecule has 0 spiro atoms. The van der Waals surface area contributed by atoms with Crippen LogP contribution in [0.1, 0.15) is 12.8 Å². The van der Waals surface area contributed by atoms with E-state index < -0.39 is 15.8 Å². The summed E-state index contributed by atoms with van der Waals surface area (Å²) in [6.45, 7) is 0.0953. The quantitative estimate of drug-likeness (QED) is 0.715. The highest BCUT2D eigenvalue weighted by Crippen LogP contribution is 2.30. The lowest BCUT2D eigenvalue weighted by molar-refractivity contribution is -0.116. The third kappa shape index (κ3) is 6.11. The van der Waals surface area contributed by atoms with E-state index in [-0.39, 0.29) is 30.3 Å². The molecule has 0 aromatic heterocycles. The van der Waals surface area contributed by atoms with E-state index in [1.54, 1.807) is 18.2 Å². The molecule has 0 saturated carbocycles. The zero-order chi connectivity index (χ0) is 20.0. The van der Waals surface area contributed by atoms with Gasteiger partial charge < -0.3 is 10.1 Å². The lowest BCUT2D eigenvalue weighted by Crippen LogP contribution is -2.31. The van der Waals surface area contributed by atoms with E-state index in [1.165, 1.54) is 35.7 Å². The third-order valence-corrected chi connectivity index (χ3v) is 5.19. The maximum Gasteiger partial charge on any atom is 0.232 e. The highest BCUT2D eigenvalue weighted by atomic mass is 35.5. The standard InChI is InChI=1S/C18H20ClFN2O4S/c1-26-17-9-8-15(12-16(17)19)22(27(2,24)25)10-4-7-18(23)21-14-6-3-5-13(20)11-14/h3,5-6,8-9,11-12H,4,7,10H2,1-2H3,(H,21,23). The van der Waals surface area contributed by atoms with Gasteiger partial charge in [-0.15, -0.1) is 0 Å². The molecule has 0 saturated heterocycles. The number of halogens is 2. The van der Waals surface area contributed by atoms with Gasteiger partial charge >= 0.3 is 0 Å². The molecule has 2 aromatic carbocycles. The molecule has 0 heterocycles. The van der Waals surface area contributed by atoms with Crippen molar-refractivity contribution in [3.63, 3.8) is 0 Å². The van der Waals surface area contributed by atoms with Gasteiger partial charge in [0.15, 0.2) is 0 Å². The van der Waals surface area contributed by atoms with Crippen LogP contribution in [0.3, 0.4) is 0 Å². The van der Waals surface area contributed by atoms with Crippen LogP contribution in [-0.2, 0) is 14.8 Å². The number of benzene rings is 2. The van der Waals surface area contributed by atoms with E-state index in [0.29, 0.717) is 17.1 Å². The van der Waals surface area contributed by atoms with Gasteiger partial charge in [-0.25, -0.2) is 12.8 Å². The molecule has 0 atom stereocenters. The van der Waals surface area contributed by atoms with Crippen LogP contribution in [0.2, 0.25) is 5.02 Å². The Kier molecular flexibility index (Phi) is 7.04. The first-order valence-electron chi connectivity index (χ1n) is 8.07. The summed E-state index contributed by atoms with van der Waals surface area (Å²) in [6.07, 6.45) is 1.43. The molecule has 146 valence electrons. The summed E-state index contributed by atoms with van der Waals surface area (Å²) < 4.78 is 43.6. The van der Waals surface area contributed by atoms with E-state index in [4.69, 9.17) is 16.3 Å². The third-order valence-electron chi connectivity index (χ3n) is 3.70. The molecule has 0 radical (unpaired) electrons. The van der Waals surface area contributed by atoms with Gasteiger partial charge in [0.2, 0.25) is 15.9 Å². The highest BCUT2D eigenvalue weighted by molar-refractivity contribution is 7.92. The average Bonchev–Trinajstić information content (AvgIpc) is 2.57. The number of methoxy groups -OCH3 is 1. The van der Waals surface area contributed by atoms with Gasteiger partial charge in [-0.1, -0.05) is 17.7 Å². The molecule has 0 unspecified atom stereocenters. The lowest BCUT2D eigenvalue weighted by atomic mass is 10.2. The van der Waals surface area contributed by atoms with Crippen molar-refractivity contribution < 1.29 is 22.3 Å². The van der Waals surface area contributed by atoms with Gasteiger partial charge in [-0.3, -0.25) is 9.10 Å². The fraction of sp³-hybridized carbons (Fsp3) is 0.278. The van der Waals surface area contributed by atoms with Crippen LogP contribution in [-0.4, -0.2) is 34.2 Å². The topological polar surface area (TPSA) is 75.7 Å². The monoisotopic (exact) mass is 414 g/mol. The smallest absolute Gasteiger partial charge is 0.232 e. The van der Waals surface area contributed by atoms with Crippen molar-refractivity contribution in [2.75, 3.05) is 29.5 Å². The fourth-order valence-corrected chi connectivity index (χ4v) is 3.68. The summed E-state index contributed by atoms with van der Waals surface area (Å²) in [6, 6.07) is 10.2. The summed E-state index contributed by atoms with van der Waals surface area (Å²) in [4.78, 5) is 12.0. The summed E-state index contributed by atoms with van der Waals surface area (Å²) in [5.74, 6) is -0.349. The number of amides is 1. The van der Waals surface area contributed by atoms with Crippen LogP contribution in [0, 0.1) is 5.82 Å². The van der Waals surface area contributed by atoms with Crippen molar-refractivity contribution in [3.8, 4) is 5.75 Å². The van der Waals surface area contributed by atoms with Crippen LogP contribution in [0.25, 0.3) is 0 Å². The number of anilines is 2. The van der Waals surface area contributed by atoms with Crippen molar-refractivity contribution in [2.24, 2.45) is 0 Å². The Hall–Kier alpha value is -2.32. The van der Waals surface area contributed by atoms with Gasteiger partial charge in [-0.05, 0) is 42.8 Å². The van der Waals surface area contributed by atoms with Crippen molar-refractivity contribution in [3.05, 3.63) is 53.3 Å². The molecule has 0 aliphatic carbocycles. The number of carbonyl (C=O) groups excluding carboxylic acids is 1. The molecule has 0 bridgehead atoms. The number of nitrogens with one attached hydrogen (secondary N) is 1. The number of ether oxygens (including phenoxy) is 1. The summed E-state index contributed by atoms with van der Waals surface area (Å²) in [5.41, 5.74) is 0.732. The van der Waals surface area contributed by atoms with E-state index in [0.717, 1.165) is 6.26 Å². The second-order valence-electron chi connectivity index (χ2n) is 5.82. The molecule has 0 aliphatic rings. The van der Waals surface area contributed by atoms with E-state index in [1.807, 2.05) is 0 Å². The number of hydrogen-bond acceptors (Lipinski definition) is 4. The SMILES string of the molecule is COc1ccc(N(CCCC(=O)Nc2cccc(F)c2)S(C)(=O)=O)cc1Cl. The minimum Gasteiger partial charge on any atom is -0.495 e. The van der Waals surface area contributed by atoms with Gasteiger partial charge in [-0.2, -0.15) is 0 Å². The normalized spacial score (nSPS) is 11.1. The Balaban J connectivity index is 2.01. The van der Waals surface area contributed by atoms with Gasteiger partial charge in [0.05, 0.1) is 24.1 Å². The summed E-state index contributed by atoms with van der Waals surface area (Å²) in [7, 11) is -2.10. The maximum absolute atomic E-state index is 13.1. The Morgan fingerprint density at radius 1 is 1.26 bits per heavy atom. The van der Waals surface area contributed by atoms with Crippen LogP contribution in [0.5, 0.6) is 5.75 Å². The van der Waals surface area contributed by atoms with Crippen LogP contribution in [0.15, 0.2) is 42.5 Å². The van der Waals surface area contributed by atoms with Crippen LogP contribution < -0.4 is 14.4 Å². The molecule has 0 aliphatic heterocycles. The second-order valence-corrected chi connectivity index (χ2v) is 8.13. The molecule has 27 heavy (non-hydrogen) atoms. The predicted octanol–water partition coefficient (Wildman–Crippen LogP) is 3.67. The van der Waals surface area contributed by atoms with Gasteiger partial charge in [0.1, 0.15) is 11.6 Å². The predicted molar refractivity (Wildman–Crippen MR) is 104 cm³/mol. The first-order chi connectivity index (χ1) is 12.7. The average molecular weight is 415 g/mol. The Labute approximate surface area is 162 Å². The zero-order valence-electron chi connectivity index (χ0n) is 14.9. The Morgan fingerprint density at radius 3 is 2.59 bits per heavy atom. The van der Waals surface area contributed by atoms with Crippen molar-refractivity contribution in [2.45, 2.75) is 12.8 Å². The maximum atomic E-state index is 13.1. The van der Waals surface area contributed by atoms with E-state index >= 15 is 0 Å². The molecular formula is C18H20ClFN2O4S. The Morgan fingerprint density at radius 2 is 2.00 bits per heavy atom. The molecule has 0 fully saturated rings. The van der Waals surface area contributed by atoms with Crippen LogP contribution >= 0.6 is 11.6 Å². The number of sulfonamides is 1. The van der Waals surface area contributed by atoms with Crippen molar-refractivity contribution in [1.82, 2.24) is 0 Å². The number of rotatable bonds is 8. The largest absolute Gasteiger partial charge is 0.495 e. The minimum atomic E-state index is -3.56. The minimum absolute atomic E-state index is 0.0758. The molecule has 9 heteroatoms. The van der Waals surface area contributed by atoms with E-state index in [9.17, 15) is 17.6 Å². The fourth-order valence-electron chi connectivity index (χ4n) is 2.47. The lowest BCUT2D eigenvalue weighted by Gasteiger charge is -2.23. The number of carbonyl (C=O) groups is 1. The Bertz CT molecular complexity index is 921. The van der Waals surface area contributed by atoms with Crippen molar-refractivity contribution >= 4 is 38.9 Å². The number of hydrogen-bond donors (Lipinski definition) is 1. The second kappa shape index (κ2) is 9.05. The first-order valence-corrected chi connectivity index (χ1v) is 10.3. The van der Waals surface area contributed by atoms with Gasteiger partial charge in [0.25, 0.3) is 0 Å². The highest BCUT2D eigenvalue weighted by Gasteiger charge is 2.19. The summed E-state index contributed by atoms with van der Waals surface area (Å²) >= 11 is 6.07. The van der Waals surface area contributed by atoms with Gasteiger partial charge in [0, 0.05) is 18.7 Å². The van der Waals surface area contributed by atoms with Crippen molar-refractivity contribution in [1.29, 1.82) is 0 Å². The molecule has 1 amide bonds. The molecule has 2 rings (SSSR count). The van der Waals surface area contributed by atoms with E-state index in [2.05, 4.69) is 5.32 Å². The summed E-state index contributed by atoms with van der Waals surface area (Å²) in [5, 5.41) is 2.86. The molecular weight excluding hydrogens is 395 g/mol. The first kappa shape index (κ1) is 21.0. The zero-order valence-corrected chi connectivity index (χ0v) is 16.5. The van der Waals surface area contributed by atoms with Crippen LogP contribution in [0.4, 0.5) is 15.8 Å². The molecule has 1 N–H and O–H groups in total. The molecule has 2 aromatic rings. The molecule has 6 nitrogen and oxygen atoms in total. The number of nitrogens with zero attached hydrogens (tertiary/aromatic N) is 1.